The minimum atomic E-state index is -1.52. The van der Waals surface area contributed by atoms with Gasteiger partial charge in [-0.25, -0.2) is 0 Å². The third-order valence-corrected chi connectivity index (χ3v) is 8.05. The monoisotopic (exact) mass is 670 g/mol. The zero-order valence-corrected chi connectivity index (χ0v) is 26.3. The minimum Gasteiger partial charge on any atom is -0.394 e. The van der Waals surface area contributed by atoms with Gasteiger partial charge in [0.25, 0.3) is 0 Å². The molecule has 2 saturated heterocycles. The van der Waals surface area contributed by atoms with Crippen molar-refractivity contribution < 1.29 is 74.5 Å². The lowest BCUT2D eigenvalue weighted by Gasteiger charge is -2.39. The Morgan fingerprint density at radius 3 is 1.61 bits per heavy atom. The van der Waals surface area contributed by atoms with E-state index in [9.17, 15) is 55.5 Å². The molecule has 0 aromatic heterocycles. The lowest BCUT2D eigenvalue weighted by molar-refractivity contribution is -0.301. The van der Waals surface area contributed by atoms with Crippen LogP contribution in [0.3, 0.4) is 0 Å². The van der Waals surface area contributed by atoms with Gasteiger partial charge in [0, 0.05) is 32.6 Å². The molecule has 0 aliphatic carbocycles. The van der Waals surface area contributed by atoms with Crippen LogP contribution >= 0.6 is 0 Å². The molecule has 2 aliphatic heterocycles. The number of hydrogen-bond donors (Lipinski definition) is 11. The average molecular weight is 671 g/mol. The first kappa shape index (κ1) is 40.6. The highest BCUT2D eigenvalue weighted by Crippen LogP contribution is 2.23. The van der Waals surface area contributed by atoms with Crippen LogP contribution < -0.4 is 10.6 Å². The highest BCUT2D eigenvalue weighted by molar-refractivity contribution is 5.76. The van der Waals surface area contributed by atoms with Crippen LogP contribution in [0.15, 0.2) is 0 Å². The molecule has 0 bridgehead atoms. The number of carbonyl (C=O) groups excluding carboxylic acids is 2. The van der Waals surface area contributed by atoms with Gasteiger partial charge in [0.05, 0.1) is 25.4 Å². The van der Waals surface area contributed by atoms with Crippen molar-refractivity contribution in [1.29, 1.82) is 0 Å². The van der Waals surface area contributed by atoms with Crippen molar-refractivity contribution >= 4 is 11.8 Å². The maximum absolute atomic E-state index is 12.4. The van der Waals surface area contributed by atoms with Crippen molar-refractivity contribution in [1.82, 2.24) is 10.6 Å². The first-order valence-corrected chi connectivity index (χ1v) is 16.0. The summed E-state index contributed by atoms with van der Waals surface area (Å²) in [6.45, 7) is 1.16. The topological polar surface area (TPSA) is 277 Å². The molecule has 46 heavy (non-hydrogen) atoms. The van der Waals surface area contributed by atoms with Crippen LogP contribution in [0.1, 0.15) is 64.7 Å². The van der Waals surface area contributed by atoms with E-state index in [0.29, 0.717) is 51.5 Å². The van der Waals surface area contributed by atoms with Crippen molar-refractivity contribution in [2.75, 3.05) is 33.0 Å². The average Bonchev–Trinajstić information content (AvgIpc) is 3.03. The third kappa shape index (κ3) is 13.1. The van der Waals surface area contributed by atoms with Gasteiger partial charge in [-0.3, -0.25) is 9.59 Å². The van der Waals surface area contributed by atoms with E-state index in [1.165, 1.54) is 0 Å². The second kappa shape index (κ2) is 21.4. The number of aliphatic hydroxyl groups is 9. The molecule has 2 aliphatic rings. The summed E-state index contributed by atoms with van der Waals surface area (Å²) >= 11 is 0. The lowest BCUT2D eigenvalue weighted by atomic mass is 9.99. The summed E-state index contributed by atoms with van der Waals surface area (Å²) in [6, 6.07) is -0.461. The summed E-state index contributed by atoms with van der Waals surface area (Å²) in [4.78, 5) is 24.5. The van der Waals surface area contributed by atoms with Crippen LogP contribution in [-0.4, -0.2) is 164 Å². The van der Waals surface area contributed by atoms with Crippen LogP contribution in [0.4, 0.5) is 0 Å². The number of ether oxygens (including phenoxy) is 4. The molecule has 2 amide bonds. The summed E-state index contributed by atoms with van der Waals surface area (Å²) in [5.74, 6) is -0.397. The van der Waals surface area contributed by atoms with Gasteiger partial charge in [0.2, 0.25) is 11.8 Å². The molecule has 11 unspecified atom stereocenters. The van der Waals surface area contributed by atoms with Crippen LogP contribution in [0.5, 0.6) is 0 Å². The quantitative estimate of drug-likeness (QED) is 0.0521. The fourth-order valence-electron chi connectivity index (χ4n) is 5.10. The lowest BCUT2D eigenvalue weighted by Crippen LogP contribution is -2.59. The molecule has 11 N–H and O–H groups in total. The second-order valence-electron chi connectivity index (χ2n) is 11.8. The van der Waals surface area contributed by atoms with Crippen molar-refractivity contribution in [3.8, 4) is 0 Å². The Kier molecular flexibility index (Phi) is 18.9. The molecule has 12 atom stereocenters. The number of aliphatic hydroxyl groups excluding tert-OH is 9. The SMILES string of the molecule is CC(O)[C@@H](CCCCNC(=O)CCCCOC1OC(CO)C(O)C(O)C1O)NC(=O)CCCCOC1OC(CO)C(O)C(O)C1O. The highest BCUT2D eigenvalue weighted by atomic mass is 16.7. The zero-order chi connectivity index (χ0) is 34.2. The maximum Gasteiger partial charge on any atom is 0.220 e. The third-order valence-electron chi connectivity index (χ3n) is 8.05. The fraction of sp³-hybridized carbons (Fsp3) is 0.931. The fourth-order valence-corrected chi connectivity index (χ4v) is 5.10. The Balaban J connectivity index is 1.52. The van der Waals surface area contributed by atoms with E-state index in [1.54, 1.807) is 6.92 Å². The minimum absolute atomic E-state index is 0.109. The van der Waals surface area contributed by atoms with Gasteiger partial charge in [0.15, 0.2) is 12.6 Å². The van der Waals surface area contributed by atoms with E-state index in [4.69, 9.17) is 18.9 Å². The molecular formula is C29H54N2O15. The Bertz CT molecular complexity index is 866. The molecule has 17 heteroatoms. The molecule has 0 spiro atoms. The molecule has 2 fully saturated rings. The Morgan fingerprint density at radius 2 is 1.15 bits per heavy atom. The van der Waals surface area contributed by atoms with E-state index < -0.39 is 86.8 Å². The zero-order valence-electron chi connectivity index (χ0n) is 26.3. The number of hydrogen-bond acceptors (Lipinski definition) is 15. The molecule has 2 rings (SSSR count). The Labute approximate surface area is 268 Å². The molecule has 0 aromatic carbocycles. The van der Waals surface area contributed by atoms with Gasteiger partial charge >= 0.3 is 0 Å². The highest BCUT2D eigenvalue weighted by Gasteiger charge is 2.45. The summed E-state index contributed by atoms with van der Waals surface area (Å²) in [5, 5.41) is 93.3. The van der Waals surface area contributed by atoms with Crippen molar-refractivity contribution in [3.05, 3.63) is 0 Å². The number of nitrogens with one attached hydrogen (secondary N) is 2. The predicted octanol–water partition coefficient (Wildman–Crippen LogP) is -3.89. The first-order valence-electron chi connectivity index (χ1n) is 16.0. The van der Waals surface area contributed by atoms with Gasteiger partial charge in [-0.2, -0.15) is 0 Å². The molecule has 270 valence electrons. The van der Waals surface area contributed by atoms with Crippen LogP contribution in [0.2, 0.25) is 0 Å². The van der Waals surface area contributed by atoms with Gasteiger partial charge in [-0.1, -0.05) is 0 Å². The predicted molar refractivity (Wildman–Crippen MR) is 158 cm³/mol. The van der Waals surface area contributed by atoms with Gasteiger partial charge in [-0.15, -0.1) is 0 Å². The van der Waals surface area contributed by atoms with Crippen molar-refractivity contribution in [3.63, 3.8) is 0 Å². The number of unbranched alkanes of at least 4 members (excludes halogenated alkanes) is 3. The molecule has 0 radical (unpaired) electrons. The smallest absolute Gasteiger partial charge is 0.220 e. The largest absolute Gasteiger partial charge is 0.394 e. The molecular weight excluding hydrogens is 616 g/mol. The Morgan fingerprint density at radius 1 is 0.674 bits per heavy atom. The number of carbonyl (C=O) groups is 2. The van der Waals surface area contributed by atoms with Gasteiger partial charge < -0.3 is 75.5 Å². The maximum atomic E-state index is 12.4. The molecule has 17 nitrogen and oxygen atoms in total. The van der Waals surface area contributed by atoms with E-state index in [2.05, 4.69) is 10.6 Å². The molecule has 0 aromatic rings. The number of rotatable bonds is 21. The van der Waals surface area contributed by atoms with E-state index >= 15 is 0 Å². The van der Waals surface area contributed by atoms with Crippen molar-refractivity contribution in [2.45, 2.75) is 138 Å². The summed E-state index contributed by atoms with van der Waals surface area (Å²) < 4.78 is 21.4. The Hall–Kier alpha value is -1.58. The van der Waals surface area contributed by atoms with Crippen molar-refractivity contribution in [2.24, 2.45) is 0 Å². The van der Waals surface area contributed by atoms with Crippen LogP contribution in [0, 0.1) is 0 Å². The summed E-state index contributed by atoms with van der Waals surface area (Å²) in [5.41, 5.74) is 0. The van der Waals surface area contributed by atoms with Gasteiger partial charge in [0.1, 0.15) is 48.8 Å². The van der Waals surface area contributed by atoms with Crippen LogP contribution in [0.25, 0.3) is 0 Å². The van der Waals surface area contributed by atoms with Crippen LogP contribution in [-0.2, 0) is 28.5 Å². The van der Waals surface area contributed by atoms with E-state index in [1.807, 2.05) is 0 Å². The summed E-state index contributed by atoms with van der Waals surface area (Å²) in [7, 11) is 0. The normalized spacial score (nSPS) is 32.9. The molecule has 0 saturated carbocycles. The van der Waals surface area contributed by atoms with E-state index in [0.717, 1.165) is 0 Å². The standard InChI is InChI=1S/C29H54N2O15/c1-16(34)17(31-21(36)10-4-7-13-44-29-27(42)25(40)23(38)19(15-33)46-29)8-2-5-11-30-20(35)9-3-6-12-43-28-26(41)24(39)22(37)18(14-32)45-28/h16-19,22-29,32-34,37-42H,2-15H2,1H3,(H,30,35)(H,31,36)/t16?,17-,18?,19?,22?,23?,24?,25?,26?,27?,28?,29?/m1/s1. The number of amides is 2. The second-order valence-corrected chi connectivity index (χ2v) is 11.8. The first-order chi connectivity index (χ1) is 21.9. The van der Waals surface area contributed by atoms with Gasteiger partial charge in [-0.05, 0) is 51.9 Å². The van der Waals surface area contributed by atoms with E-state index in [-0.39, 0.29) is 37.9 Å². The molecule has 2 heterocycles. The summed E-state index contributed by atoms with van der Waals surface area (Å²) in [6.07, 6.45) is -10.1.